The summed E-state index contributed by atoms with van der Waals surface area (Å²) in [4.78, 5) is 0. The molecule has 3 aromatic rings. The molecule has 3 rings (SSSR count). The van der Waals surface area contributed by atoms with Gasteiger partial charge in [0, 0.05) is 11.8 Å². The molecule has 0 saturated heterocycles. The highest BCUT2D eigenvalue weighted by atomic mass is 32.2. The van der Waals surface area contributed by atoms with E-state index in [0.29, 0.717) is 0 Å². The molecule has 1 heterocycles. The van der Waals surface area contributed by atoms with Crippen LogP contribution in [0.1, 0.15) is 5.56 Å². The molecule has 0 aliphatic heterocycles. The number of nitrogens with zero attached hydrogens (tertiary/aromatic N) is 4. The Kier molecular flexibility index (Phi) is 5.64. The van der Waals surface area contributed by atoms with Crippen molar-refractivity contribution in [3.8, 4) is 17.1 Å². The molecular formula is C19H18N4OS. The van der Waals surface area contributed by atoms with Crippen molar-refractivity contribution in [2.45, 2.75) is 5.16 Å². The molecule has 0 atom stereocenters. The molecule has 0 aliphatic carbocycles. The number of thioether (sulfide) groups is 1. The van der Waals surface area contributed by atoms with Crippen molar-refractivity contribution in [2.24, 2.45) is 5.10 Å². The number of aromatic nitrogens is 3. The molecule has 6 heteroatoms. The highest BCUT2D eigenvalue weighted by Crippen LogP contribution is 2.22. The molecule has 5 nitrogen and oxygen atoms in total. The lowest BCUT2D eigenvalue weighted by Crippen LogP contribution is -1.95. The fourth-order valence-electron chi connectivity index (χ4n) is 2.24. The van der Waals surface area contributed by atoms with Gasteiger partial charge in [-0.1, -0.05) is 60.3 Å². The summed E-state index contributed by atoms with van der Waals surface area (Å²) >= 11 is 1.51. The van der Waals surface area contributed by atoms with E-state index in [1.807, 2.05) is 73.0 Å². The van der Waals surface area contributed by atoms with E-state index in [1.165, 1.54) is 11.8 Å². The number of hydrogen-bond donors (Lipinski definition) is 0. The first kappa shape index (κ1) is 17.0. The smallest absolute Gasteiger partial charge is 0.212 e. The van der Waals surface area contributed by atoms with Gasteiger partial charge in [-0.25, -0.2) is 0 Å². The molecule has 1 aromatic heterocycles. The number of methoxy groups -OCH3 is 1. The van der Waals surface area contributed by atoms with E-state index in [9.17, 15) is 0 Å². The Bertz CT molecular complexity index is 870. The van der Waals surface area contributed by atoms with E-state index in [4.69, 9.17) is 4.74 Å². The molecule has 0 bridgehead atoms. The van der Waals surface area contributed by atoms with Crippen molar-refractivity contribution in [1.82, 2.24) is 14.9 Å². The van der Waals surface area contributed by atoms with Crippen LogP contribution in [0.3, 0.4) is 0 Å². The average Bonchev–Trinajstić information content (AvgIpc) is 3.09. The van der Waals surface area contributed by atoms with Crippen LogP contribution in [0.2, 0.25) is 0 Å². The maximum absolute atomic E-state index is 5.15. The summed E-state index contributed by atoms with van der Waals surface area (Å²) in [5.74, 6) is 1.56. The van der Waals surface area contributed by atoms with Crippen LogP contribution < -0.4 is 4.74 Å². The molecular weight excluding hydrogens is 332 g/mol. The second-order valence-electron chi connectivity index (χ2n) is 5.08. The van der Waals surface area contributed by atoms with E-state index >= 15 is 0 Å². The second-order valence-corrected chi connectivity index (χ2v) is 5.86. The minimum absolute atomic E-state index is 0.721. The lowest BCUT2D eigenvalue weighted by atomic mass is 10.2. The molecule has 0 saturated carbocycles. The van der Waals surface area contributed by atoms with Gasteiger partial charge >= 0.3 is 0 Å². The van der Waals surface area contributed by atoms with E-state index in [-0.39, 0.29) is 0 Å². The maximum Gasteiger partial charge on any atom is 0.212 e. The van der Waals surface area contributed by atoms with Crippen LogP contribution in [0.5, 0.6) is 5.75 Å². The first-order valence-electron chi connectivity index (χ1n) is 7.71. The molecule has 0 radical (unpaired) electrons. The molecule has 0 N–H and O–H groups in total. The first-order chi connectivity index (χ1) is 12.3. The van der Waals surface area contributed by atoms with Crippen molar-refractivity contribution in [3.63, 3.8) is 0 Å². The zero-order valence-corrected chi connectivity index (χ0v) is 14.9. The molecule has 2 aromatic carbocycles. The average molecular weight is 350 g/mol. The zero-order chi connectivity index (χ0) is 17.5. The Morgan fingerprint density at radius 2 is 1.80 bits per heavy atom. The fourth-order valence-corrected chi connectivity index (χ4v) is 2.67. The van der Waals surface area contributed by atoms with Gasteiger partial charge in [0.05, 0.1) is 7.11 Å². The molecule has 0 aliphatic rings. The normalized spacial score (nSPS) is 11.4. The van der Waals surface area contributed by atoms with Crippen LogP contribution in [0.25, 0.3) is 17.5 Å². The predicted octanol–water partition coefficient (Wildman–Crippen LogP) is 4.22. The summed E-state index contributed by atoms with van der Waals surface area (Å²) in [6.45, 7) is 0. The number of allylic oxidation sites excluding steroid dienone is 1. The summed E-state index contributed by atoms with van der Waals surface area (Å²) in [5, 5.41) is 13.7. The lowest BCUT2D eigenvalue weighted by molar-refractivity contribution is 0.415. The Morgan fingerprint density at radius 1 is 1.04 bits per heavy atom. The van der Waals surface area contributed by atoms with Gasteiger partial charge in [-0.05, 0) is 30.0 Å². The van der Waals surface area contributed by atoms with Gasteiger partial charge in [0.25, 0.3) is 0 Å². The number of ether oxygens (including phenoxy) is 1. The highest BCUT2D eigenvalue weighted by Gasteiger charge is 2.11. The molecule has 126 valence electrons. The largest absolute Gasteiger partial charge is 0.497 e. The molecule has 0 spiro atoms. The van der Waals surface area contributed by atoms with Crippen LogP contribution >= 0.6 is 11.8 Å². The van der Waals surface area contributed by atoms with Gasteiger partial charge in [0.1, 0.15) is 5.75 Å². The number of hydrogen-bond acceptors (Lipinski definition) is 5. The van der Waals surface area contributed by atoms with Crippen molar-refractivity contribution >= 4 is 24.1 Å². The summed E-state index contributed by atoms with van der Waals surface area (Å²) in [5.41, 5.74) is 2.05. The fraction of sp³-hybridized carbons (Fsp3) is 0.105. The summed E-state index contributed by atoms with van der Waals surface area (Å²) < 4.78 is 6.90. The van der Waals surface area contributed by atoms with Crippen LogP contribution in [0.4, 0.5) is 0 Å². The van der Waals surface area contributed by atoms with Crippen molar-refractivity contribution < 1.29 is 4.74 Å². The van der Waals surface area contributed by atoms with Crippen LogP contribution in [0.15, 0.2) is 70.9 Å². The lowest BCUT2D eigenvalue weighted by Gasteiger charge is -2.02. The van der Waals surface area contributed by atoms with E-state index in [1.54, 1.807) is 18.0 Å². The highest BCUT2D eigenvalue weighted by molar-refractivity contribution is 7.98. The second kappa shape index (κ2) is 8.30. The van der Waals surface area contributed by atoms with Gasteiger partial charge in [0.2, 0.25) is 5.16 Å². The van der Waals surface area contributed by atoms with Gasteiger partial charge < -0.3 is 4.74 Å². The van der Waals surface area contributed by atoms with Gasteiger partial charge in [-0.15, -0.1) is 10.2 Å². The first-order valence-corrected chi connectivity index (χ1v) is 8.94. The molecule has 0 amide bonds. The van der Waals surface area contributed by atoms with Gasteiger partial charge in [-0.3, -0.25) is 0 Å². The third-order valence-corrected chi connectivity index (χ3v) is 4.12. The Hall–Kier alpha value is -2.86. The molecule has 0 unspecified atom stereocenters. The summed E-state index contributed by atoms with van der Waals surface area (Å²) in [6.07, 6.45) is 7.56. The quantitative estimate of drug-likeness (QED) is 0.493. The third kappa shape index (κ3) is 4.16. The monoisotopic (exact) mass is 350 g/mol. The summed E-state index contributed by atoms with van der Waals surface area (Å²) in [7, 11) is 1.66. The Labute approximate surface area is 151 Å². The number of rotatable bonds is 6. The standard InChI is InChI=1S/C19H18N4OS/c1-24-17-12-10-15(11-13-17)7-6-14-20-23-18(21-22-19(23)25-2)16-8-4-3-5-9-16/h3-14H,1-2H3. The van der Waals surface area contributed by atoms with Crippen LogP contribution in [-0.2, 0) is 0 Å². The van der Waals surface area contributed by atoms with Crippen molar-refractivity contribution in [2.75, 3.05) is 13.4 Å². The number of benzene rings is 2. The van der Waals surface area contributed by atoms with Crippen molar-refractivity contribution in [1.29, 1.82) is 0 Å². The Morgan fingerprint density at radius 3 is 2.48 bits per heavy atom. The van der Waals surface area contributed by atoms with Crippen molar-refractivity contribution in [3.05, 3.63) is 66.2 Å². The van der Waals surface area contributed by atoms with E-state index < -0.39 is 0 Å². The van der Waals surface area contributed by atoms with Crippen LogP contribution in [0, 0.1) is 0 Å². The molecule has 25 heavy (non-hydrogen) atoms. The van der Waals surface area contributed by atoms with E-state index in [2.05, 4.69) is 15.3 Å². The molecule has 0 fully saturated rings. The van der Waals surface area contributed by atoms with Gasteiger partial charge in [0.15, 0.2) is 5.82 Å². The zero-order valence-electron chi connectivity index (χ0n) is 14.0. The topological polar surface area (TPSA) is 52.3 Å². The predicted molar refractivity (Wildman–Crippen MR) is 103 cm³/mol. The SMILES string of the molecule is COc1ccc(C=CC=Nn2c(SC)nnc2-c2ccccc2)cc1. The minimum Gasteiger partial charge on any atom is -0.497 e. The summed E-state index contributed by atoms with van der Waals surface area (Å²) in [6, 6.07) is 17.7. The van der Waals surface area contributed by atoms with Crippen LogP contribution in [-0.4, -0.2) is 34.5 Å². The third-order valence-electron chi connectivity index (χ3n) is 3.50. The minimum atomic E-state index is 0.721. The van der Waals surface area contributed by atoms with Gasteiger partial charge in [-0.2, -0.15) is 9.78 Å². The van der Waals surface area contributed by atoms with E-state index in [0.717, 1.165) is 27.9 Å². The Balaban J connectivity index is 1.80. The maximum atomic E-state index is 5.15.